The van der Waals surface area contributed by atoms with Crippen molar-refractivity contribution in [3.8, 4) is 5.75 Å². The van der Waals surface area contributed by atoms with Crippen LogP contribution < -0.4 is 20.5 Å². The SMILES string of the molecule is COc1ccc(N2C[C@@H](C(=O)NNC(=O)c3ccc(F)cc3)CC2=O)cc1. The summed E-state index contributed by atoms with van der Waals surface area (Å²) in [5.41, 5.74) is 5.47. The van der Waals surface area contributed by atoms with Gasteiger partial charge in [-0.3, -0.25) is 25.2 Å². The number of nitrogens with zero attached hydrogens (tertiary/aromatic N) is 1. The molecular formula is C19H18FN3O4. The van der Waals surface area contributed by atoms with E-state index in [0.717, 1.165) is 12.1 Å². The van der Waals surface area contributed by atoms with Gasteiger partial charge >= 0.3 is 0 Å². The molecule has 1 fully saturated rings. The van der Waals surface area contributed by atoms with Gasteiger partial charge in [0.05, 0.1) is 13.0 Å². The van der Waals surface area contributed by atoms with Gasteiger partial charge in [-0.25, -0.2) is 4.39 Å². The fourth-order valence-corrected chi connectivity index (χ4v) is 2.79. The molecule has 2 N–H and O–H groups in total. The van der Waals surface area contributed by atoms with Crippen LogP contribution in [0.5, 0.6) is 5.75 Å². The number of methoxy groups -OCH3 is 1. The van der Waals surface area contributed by atoms with Crippen LogP contribution in [0.1, 0.15) is 16.8 Å². The normalized spacial score (nSPS) is 16.1. The Morgan fingerprint density at radius 1 is 1.07 bits per heavy atom. The zero-order valence-electron chi connectivity index (χ0n) is 14.6. The fraction of sp³-hybridized carbons (Fsp3) is 0.211. The van der Waals surface area contributed by atoms with E-state index in [1.807, 2.05) is 0 Å². The van der Waals surface area contributed by atoms with Crippen LogP contribution in [-0.2, 0) is 9.59 Å². The minimum Gasteiger partial charge on any atom is -0.497 e. The molecule has 7 nitrogen and oxygen atoms in total. The van der Waals surface area contributed by atoms with Crippen molar-refractivity contribution in [3.63, 3.8) is 0 Å². The number of amides is 3. The van der Waals surface area contributed by atoms with Crippen molar-refractivity contribution in [2.45, 2.75) is 6.42 Å². The fourth-order valence-electron chi connectivity index (χ4n) is 2.79. The maximum absolute atomic E-state index is 12.9. The number of benzene rings is 2. The Bertz CT molecular complexity index is 852. The Morgan fingerprint density at radius 2 is 1.74 bits per heavy atom. The van der Waals surface area contributed by atoms with Crippen molar-refractivity contribution in [1.82, 2.24) is 10.9 Å². The van der Waals surface area contributed by atoms with Crippen molar-refractivity contribution in [1.29, 1.82) is 0 Å². The van der Waals surface area contributed by atoms with Gasteiger partial charge in [-0.15, -0.1) is 0 Å². The van der Waals surface area contributed by atoms with Gasteiger partial charge in [-0.05, 0) is 48.5 Å². The highest BCUT2D eigenvalue weighted by molar-refractivity contribution is 6.01. The lowest BCUT2D eigenvalue weighted by Gasteiger charge is -2.17. The van der Waals surface area contributed by atoms with Gasteiger partial charge in [0.25, 0.3) is 5.91 Å². The van der Waals surface area contributed by atoms with Crippen molar-refractivity contribution in [2.24, 2.45) is 5.92 Å². The summed E-state index contributed by atoms with van der Waals surface area (Å²) in [6.07, 6.45) is 0.0459. The van der Waals surface area contributed by atoms with Crippen molar-refractivity contribution < 1.29 is 23.5 Å². The molecule has 0 radical (unpaired) electrons. The zero-order chi connectivity index (χ0) is 19.4. The second kappa shape index (κ2) is 7.86. The standard InChI is InChI=1S/C19H18FN3O4/c1-27-16-8-6-15(7-9-16)23-11-13(10-17(23)24)19(26)22-21-18(25)12-2-4-14(20)5-3-12/h2-9,13H,10-11H2,1H3,(H,21,25)(H,22,26)/t13-/m0/s1. The smallest absolute Gasteiger partial charge is 0.269 e. The molecule has 0 aromatic heterocycles. The predicted molar refractivity (Wildman–Crippen MR) is 95.5 cm³/mol. The van der Waals surface area contributed by atoms with Crippen molar-refractivity contribution >= 4 is 23.4 Å². The van der Waals surface area contributed by atoms with Gasteiger partial charge in [0.1, 0.15) is 11.6 Å². The summed E-state index contributed by atoms with van der Waals surface area (Å²) in [6.45, 7) is 0.212. The number of hydrazine groups is 1. The molecule has 1 heterocycles. The molecule has 1 aliphatic rings. The average Bonchev–Trinajstić information content (AvgIpc) is 3.08. The van der Waals surface area contributed by atoms with E-state index in [2.05, 4.69) is 10.9 Å². The number of ether oxygens (including phenoxy) is 1. The molecule has 0 unspecified atom stereocenters. The van der Waals surface area contributed by atoms with Gasteiger partial charge in [-0.2, -0.15) is 0 Å². The maximum atomic E-state index is 12.9. The first-order chi connectivity index (χ1) is 13.0. The Labute approximate surface area is 155 Å². The highest BCUT2D eigenvalue weighted by Gasteiger charge is 2.35. The summed E-state index contributed by atoms with van der Waals surface area (Å²) in [5, 5.41) is 0. The molecule has 0 aliphatic carbocycles. The topological polar surface area (TPSA) is 87.7 Å². The first kappa shape index (κ1) is 18.4. The number of carbonyl (C=O) groups excluding carboxylic acids is 3. The molecule has 8 heteroatoms. The second-order valence-corrected chi connectivity index (χ2v) is 6.05. The van der Waals surface area contributed by atoms with E-state index >= 15 is 0 Å². The molecule has 2 aromatic carbocycles. The molecular weight excluding hydrogens is 353 g/mol. The third-order valence-corrected chi connectivity index (χ3v) is 4.29. The van der Waals surface area contributed by atoms with E-state index in [1.165, 1.54) is 17.0 Å². The number of carbonyl (C=O) groups is 3. The first-order valence-electron chi connectivity index (χ1n) is 8.28. The Kier molecular flexibility index (Phi) is 5.35. The zero-order valence-corrected chi connectivity index (χ0v) is 14.6. The molecule has 1 atom stereocenters. The van der Waals surface area contributed by atoms with Crippen LogP contribution in [0.3, 0.4) is 0 Å². The second-order valence-electron chi connectivity index (χ2n) is 6.05. The number of nitrogens with one attached hydrogen (secondary N) is 2. The third-order valence-electron chi connectivity index (χ3n) is 4.29. The van der Waals surface area contributed by atoms with E-state index < -0.39 is 23.5 Å². The highest BCUT2D eigenvalue weighted by atomic mass is 19.1. The summed E-state index contributed by atoms with van der Waals surface area (Å²) in [5.74, 6) is -1.59. The quantitative estimate of drug-likeness (QED) is 0.800. The van der Waals surface area contributed by atoms with Crippen LogP contribution in [0.15, 0.2) is 48.5 Å². The molecule has 1 saturated heterocycles. The van der Waals surface area contributed by atoms with Gasteiger partial charge in [0.2, 0.25) is 11.8 Å². The van der Waals surface area contributed by atoms with E-state index in [1.54, 1.807) is 31.4 Å². The van der Waals surface area contributed by atoms with Crippen molar-refractivity contribution in [2.75, 3.05) is 18.6 Å². The van der Waals surface area contributed by atoms with Gasteiger partial charge in [0, 0.05) is 24.2 Å². The van der Waals surface area contributed by atoms with E-state index in [-0.39, 0.29) is 24.4 Å². The van der Waals surface area contributed by atoms with Crippen LogP contribution in [0.25, 0.3) is 0 Å². The molecule has 3 amide bonds. The lowest BCUT2D eigenvalue weighted by molar-refractivity contribution is -0.126. The number of rotatable bonds is 4. The summed E-state index contributed by atoms with van der Waals surface area (Å²) in [7, 11) is 1.55. The summed E-state index contributed by atoms with van der Waals surface area (Å²) in [4.78, 5) is 38.0. The number of hydrogen-bond acceptors (Lipinski definition) is 4. The molecule has 140 valence electrons. The molecule has 0 saturated carbocycles. The molecule has 1 aliphatic heterocycles. The Hall–Kier alpha value is -3.42. The molecule has 27 heavy (non-hydrogen) atoms. The van der Waals surface area contributed by atoms with Gasteiger partial charge in [0.15, 0.2) is 0 Å². The molecule has 2 aromatic rings. The predicted octanol–water partition coefficient (Wildman–Crippen LogP) is 1.65. The van der Waals surface area contributed by atoms with Crippen LogP contribution in [-0.4, -0.2) is 31.4 Å². The monoisotopic (exact) mass is 371 g/mol. The first-order valence-corrected chi connectivity index (χ1v) is 8.28. The summed E-state index contributed by atoms with van der Waals surface area (Å²) < 4.78 is 18.0. The van der Waals surface area contributed by atoms with Gasteiger partial charge < -0.3 is 9.64 Å². The number of anilines is 1. The van der Waals surface area contributed by atoms with Crippen LogP contribution in [0.4, 0.5) is 10.1 Å². The third kappa shape index (κ3) is 4.22. The van der Waals surface area contributed by atoms with E-state index in [9.17, 15) is 18.8 Å². The van der Waals surface area contributed by atoms with E-state index in [4.69, 9.17) is 4.74 Å². The lowest BCUT2D eigenvalue weighted by atomic mass is 10.1. The number of hydrogen-bond donors (Lipinski definition) is 2. The van der Waals surface area contributed by atoms with Crippen molar-refractivity contribution in [3.05, 3.63) is 59.9 Å². The molecule has 0 bridgehead atoms. The summed E-state index contributed by atoms with van der Waals surface area (Å²) >= 11 is 0. The number of halogens is 1. The van der Waals surface area contributed by atoms with Crippen LogP contribution >= 0.6 is 0 Å². The Morgan fingerprint density at radius 3 is 2.37 bits per heavy atom. The average molecular weight is 371 g/mol. The summed E-state index contributed by atoms with van der Waals surface area (Å²) in [6, 6.07) is 11.9. The lowest BCUT2D eigenvalue weighted by Crippen LogP contribution is -2.45. The highest BCUT2D eigenvalue weighted by Crippen LogP contribution is 2.26. The van der Waals surface area contributed by atoms with E-state index in [0.29, 0.717) is 11.4 Å². The molecule has 3 rings (SSSR count). The Balaban J connectivity index is 1.56. The largest absolute Gasteiger partial charge is 0.497 e. The minimum absolute atomic E-state index is 0.0459. The van der Waals surface area contributed by atoms with Crippen LogP contribution in [0, 0.1) is 11.7 Å². The molecule has 0 spiro atoms. The maximum Gasteiger partial charge on any atom is 0.269 e. The van der Waals surface area contributed by atoms with Gasteiger partial charge in [-0.1, -0.05) is 0 Å². The minimum atomic E-state index is -0.590. The van der Waals surface area contributed by atoms with Crippen LogP contribution in [0.2, 0.25) is 0 Å².